The van der Waals surface area contributed by atoms with Crippen molar-refractivity contribution in [1.29, 1.82) is 0 Å². The molecule has 1 aliphatic rings. The average Bonchev–Trinajstić information content (AvgIpc) is 3.14. The van der Waals surface area contributed by atoms with Gasteiger partial charge in [-0.05, 0) is 37.5 Å². The SMILES string of the molecule is CNC(=O)C1CCCN1C(=O)CNC(=O)CCCOc1ccc(Cl)cc1Cl. The van der Waals surface area contributed by atoms with Crippen LogP contribution < -0.4 is 15.4 Å². The van der Waals surface area contributed by atoms with Gasteiger partial charge in [-0.25, -0.2) is 0 Å². The first kappa shape index (κ1) is 21.3. The van der Waals surface area contributed by atoms with Crippen LogP contribution in [0.15, 0.2) is 18.2 Å². The van der Waals surface area contributed by atoms with Crippen LogP contribution in [0.2, 0.25) is 10.0 Å². The lowest BCUT2D eigenvalue weighted by molar-refractivity contribution is -0.138. The Kier molecular flexibility index (Phi) is 8.19. The average molecular weight is 416 g/mol. The van der Waals surface area contributed by atoms with Crippen LogP contribution >= 0.6 is 23.2 Å². The second kappa shape index (κ2) is 10.4. The highest BCUT2D eigenvalue weighted by molar-refractivity contribution is 6.35. The second-order valence-corrected chi connectivity index (χ2v) is 7.01. The molecule has 0 bridgehead atoms. The van der Waals surface area contributed by atoms with Crippen LogP contribution in [0.3, 0.4) is 0 Å². The van der Waals surface area contributed by atoms with Gasteiger partial charge in [-0.1, -0.05) is 23.2 Å². The molecule has 1 heterocycles. The van der Waals surface area contributed by atoms with Crippen molar-refractivity contribution in [3.05, 3.63) is 28.2 Å². The molecule has 1 aliphatic heterocycles. The fraction of sp³-hybridized carbons (Fsp3) is 0.500. The minimum Gasteiger partial charge on any atom is -0.492 e. The summed E-state index contributed by atoms with van der Waals surface area (Å²) in [5.41, 5.74) is 0. The predicted molar refractivity (Wildman–Crippen MR) is 103 cm³/mol. The summed E-state index contributed by atoms with van der Waals surface area (Å²) in [5.74, 6) is -0.167. The van der Waals surface area contributed by atoms with Crippen molar-refractivity contribution in [2.45, 2.75) is 31.7 Å². The Hall–Kier alpha value is -1.99. The third-order valence-electron chi connectivity index (χ3n) is 4.26. The topological polar surface area (TPSA) is 87.7 Å². The van der Waals surface area contributed by atoms with Gasteiger partial charge in [0.1, 0.15) is 11.8 Å². The molecular weight excluding hydrogens is 393 g/mol. The summed E-state index contributed by atoms with van der Waals surface area (Å²) in [6.07, 6.45) is 2.12. The normalized spacial score (nSPS) is 16.1. The summed E-state index contributed by atoms with van der Waals surface area (Å²) in [5, 5.41) is 6.09. The number of likely N-dealkylation sites (tertiary alicyclic amines) is 1. The summed E-state index contributed by atoms with van der Waals surface area (Å²) in [4.78, 5) is 37.4. The third-order valence-corrected chi connectivity index (χ3v) is 4.79. The zero-order valence-electron chi connectivity index (χ0n) is 15.1. The Morgan fingerprint density at radius 2 is 2.07 bits per heavy atom. The van der Waals surface area contributed by atoms with E-state index in [-0.39, 0.29) is 30.7 Å². The number of hydrogen-bond donors (Lipinski definition) is 2. The molecule has 1 unspecified atom stereocenters. The number of hydrogen-bond acceptors (Lipinski definition) is 4. The molecule has 7 nitrogen and oxygen atoms in total. The number of amides is 3. The summed E-state index contributed by atoms with van der Waals surface area (Å²) in [6.45, 7) is 0.728. The van der Waals surface area contributed by atoms with Crippen molar-refractivity contribution in [3.8, 4) is 5.75 Å². The molecule has 1 aromatic carbocycles. The van der Waals surface area contributed by atoms with E-state index in [2.05, 4.69) is 10.6 Å². The largest absolute Gasteiger partial charge is 0.492 e. The van der Waals surface area contributed by atoms with Crippen LogP contribution in [-0.4, -0.2) is 55.4 Å². The molecule has 1 aromatic rings. The highest BCUT2D eigenvalue weighted by atomic mass is 35.5. The quantitative estimate of drug-likeness (QED) is 0.635. The molecule has 1 saturated heterocycles. The van der Waals surface area contributed by atoms with Gasteiger partial charge >= 0.3 is 0 Å². The van der Waals surface area contributed by atoms with Crippen LogP contribution in [0.5, 0.6) is 5.75 Å². The predicted octanol–water partition coefficient (Wildman–Crippen LogP) is 2.01. The molecule has 0 saturated carbocycles. The number of ether oxygens (including phenoxy) is 1. The van der Waals surface area contributed by atoms with Crippen molar-refractivity contribution >= 4 is 40.9 Å². The van der Waals surface area contributed by atoms with Crippen molar-refractivity contribution in [2.75, 3.05) is 26.7 Å². The molecule has 3 amide bonds. The maximum atomic E-state index is 12.2. The summed E-state index contributed by atoms with van der Waals surface area (Å²) < 4.78 is 5.51. The molecule has 0 spiro atoms. The van der Waals surface area contributed by atoms with Gasteiger partial charge < -0.3 is 20.3 Å². The van der Waals surface area contributed by atoms with E-state index >= 15 is 0 Å². The zero-order chi connectivity index (χ0) is 19.8. The second-order valence-electron chi connectivity index (χ2n) is 6.16. The van der Waals surface area contributed by atoms with Crippen molar-refractivity contribution < 1.29 is 19.1 Å². The van der Waals surface area contributed by atoms with Crippen molar-refractivity contribution in [3.63, 3.8) is 0 Å². The fourth-order valence-corrected chi connectivity index (χ4v) is 3.34. The highest BCUT2D eigenvalue weighted by Gasteiger charge is 2.33. The van der Waals surface area contributed by atoms with E-state index in [1.54, 1.807) is 25.2 Å². The van der Waals surface area contributed by atoms with Gasteiger partial charge in [0.2, 0.25) is 17.7 Å². The Balaban J connectivity index is 1.67. The lowest BCUT2D eigenvalue weighted by Crippen LogP contribution is -2.48. The molecule has 27 heavy (non-hydrogen) atoms. The van der Waals surface area contributed by atoms with Crippen LogP contribution in [0.1, 0.15) is 25.7 Å². The smallest absolute Gasteiger partial charge is 0.242 e. The van der Waals surface area contributed by atoms with E-state index in [1.807, 2.05) is 0 Å². The molecular formula is C18H23Cl2N3O4. The minimum absolute atomic E-state index is 0.115. The van der Waals surface area contributed by atoms with E-state index in [0.717, 1.165) is 6.42 Å². The number of rotatable bonds is 8. The number of nitrogens with one attached hydrogen (secondary N) is 2. The van der Waals surface area contributed by atoms with Gasteiger partial charge in [-0.3, -0.25) is 14.4 Å². The van der Waals surface area contributed by atoms with E-state index in [1.165, 1.54) is 4.90 Å². The molecule has 0 aromatic heterocycles. The maximum absolute atomic E-state index is 12.2. The Labute approximate surface area is 168 Å². The Morgan fingerprint density at radius 1 is 1.30 bits per heavy atom. The molecule has 1 atom stereocenters. The summed E-state index contributed by atoms with van der Waals surface area (Å²) in [7, 11) is 1.55. The molecule has 148 valence electrons. The van der Waals surface area contributed by atoms with E-state index in [9.17, 15) is 14.4 Å². The van der Waals surface area contributed by atoms with Crippen LogP contribution in [0.25, 0.3) is 0 Å². The number of carbonyl (C=O) groups excluding carboxylic acids is 3. The minimum atomic E-state index is -0.447. The monoisotopic (exact) mass is 415 g/mol. The van der Waals surface area contributed by atoms with Crippen LogP contribution in [0.4, 0.5) is 0 Å². The highest BCUT2D eigenvalue weighted by Crippen LogP contribution is 2.27. The van der Waals surface area contributed by atoms with Gasteiger partial charge in [0.05, 0.1) is 18.2 Å². The van der Waals surface area contributed by atoms with E-state index < -0.39 is 6.04 Å². The number of halogens is 2. The molecule has 2 rings (SSSR count). The molecule has 0 aliphatic carbocycles. The first-order valence-corrected chi connectivity index (χ1v) is 9.53. The van der Waals surface area contributed by atoms with Gasteiger partial charge in [0.15, 0.2) is 0 Å². The maximum Gasteiger partial charge on any atom is 0.242 e. The third kappa shape index (κ3) is 6.29. The standard InChI is InChI=1S/C18H23Cl2N3O4/c1-21-18(26)14-4-2-8-23(14)17(25)11-22-16(24)5-3-9-27-15-7-6-12(19)10-13(15)20/h6-7,10,14H,2-5,8-9,11H2,1H3,(H,21,26)(H,22,24). The lowest BCUT2D eigenvalue weighted by Gasteiger charge is -2.23. The van der Waals surface area contributed by atoms with Gasteiger partial charge in [0, 0.05) is 25.0 Å². The number of benzene rings is 1. The number of carbonyl (C=O) groups is 3. The van der Waals surface area contributed by atoms with Crippen LogP contribution in [-0.2, 0) is 14.4 Å². The summed E-state index contributed by atoms with van der Waals surface area (Å²) >= 11 is 11.8. The molecule has 1 fully saturated rings. The van der Waals surface area contributed by atoms with Gasteiger partial charge in [-0.2, -0.15) is 0 Å². The van der Waals surface area contributed by atoms with E-state index in [0.29, 0.717) is 41.8 Å². The number of nitrogens with zero attached hydrogens (tertiary/aromatic N) is 1. The Bertz CT molecular complexity index is 699. The summed E-state index contributed by atoms with van der Waals surface area (Å²) in [6, 6.07) is 4.48. The van der Waals surface area contributed by atoms with E-state index in [4.69, 9.17) is 27.9 Å². The van der Waals surface area contributed by atoms with Gasteiger partial charge in [-0.15, -0.1) is 0 Å². The number of likely N-dealkylation sites (N-methyl/N-ethyl adjacent to an activating group) is 1. The van der Waals surface area contributed by atoms with Crippen molar-refractivity contribution in [1.82, 2.24) is 15.5 Å². The molecule has 9 heteroatoms. The Morgan fingerprint density at radius 3 is 2.78 bits per heavy atom. The van der Waals surface area contributed by atoms with Crippen LogP contribution in [0, 0.1) is 0 Å². The van der Waals surface area contributed by atoms with Gasteiger partial charge in [0.25, 0.3) is 0 Å². The lowest BCUT2D eigenvalue weighted by atomic mass is 10.2. The fourth-order valence-electron chi connectivity index (χ4n) is 2.88. The molecule has 2 N–H and O–H groups in total. The molecule has 0 radical (unpaired) electrons. The first-order chi connectivity index (χ1) is 12.9. The first-order valence-electron chi connectivity index (χ1n) is 8.78. The zero-order valence-corrected chi connectivity index (χ0v) is 16.6. The van der Waals surface area contributed by atoms with Crippen molar-refractivity contribution in [2.24, 2.45) is 0 Å².